The van der Waals surface area contributed by atoms with E-state index in [9.17, 15) is 17.6 Å². The molecule has 2 heterocycles. The number of sulfonamides is 1. The summed E-state index contributed by atoms with van der Waals surface area (Å²) in [4.78, 5) is 16.6. The van der Waals surface area contributed by atoms with Gasteiger partial charge in [0.25, 0.3) is 0 Å². The van der Waals surface area contributed by atoms with Crippen molar-refractivity contribution in [3.05, 3.63) is 65.3 Å². The van der Waals surface area contributed by atoms with Crippen molar-refractivity contribution in [3.8, 4) is 17.0 Å². The van der Waals surface area contributed by atoms with Crippen molar-refractivity contribution in [1.82, 2.24) is 4.98 Å². The number of nitrogens with zero attached hydrogens (tertiary/aromatic N) is 2. The molecule has 1 aliphatic rings. The summed E-state index contributed by atoms with van der Waals surface area (Å²) in [7, 11) is -1.82. The van der Waals surface area contributed by atoms with Gasteiger partial charge in [0, 0.05) is 23.6 Å². The number of carbonyl (C=O) groups excluding carboxylic acids is 1. The number of ether oxygens (including phenoxy) is 1. The van der Waals surface area contributed by atoms with Crippen LogP contribution in [0.15, 0.2) is 53.9 Å². The largest absolute Gasteiger partial charge is 0.494 e. The van der Waals surface area contributed by atoms with Gasteiger partial charge in [0.2, 0.25) is 15.9 Å². The van der Waals surface area contributed by atoms with E-state index in [2.05, 4.69) is 10.3 Å². The standard InChI is InChI=1S/C22H20FN3O4S2/c1-30-20-9-6-16(13-18(20)23)19-14-31-22(24-19)25-21(27)10-5-15-3-7-17(8-4-15)26-11-2-12-32(26,28)29/h3-10,13-14H,2,11-12H2,1H3,(H,24,25,27)/b10-5+. The third-order valence-corrected chi connectivity index (χ3v) is 7.52. The molecule has 0 aliphatic carbocycles. The van der Waals surface area contributed by atoms with Crippen molar-refractivity contribution in [2.75, 3.05) is 29.0 Å². The molecule has 32 heavy (non-hydrogen) atoms. The average molecular weight is 474 g/mol. The number of methoxy groups -OCH3 is 1. The number of nitrogens with one attached hydrogen (secondary N) is 1. The molecule has 0 bridgehead atoms. The quantitative estimate of drug-likeness (QED) is 0.544. The number of aromatic nitrogens is 1. The number of halogens is 1. The normalized spacial score (nSPS) is 15.2. The zero-order valence-electron chi connectivity index (χ0n) is 17.1. The number of hydrogen-bond acceptors (Lipinski definition) is 6. The molecule has 1 amide bonds. The molecule has 0 spiro atoms. The maximum Gasteiger partial charge on any atom is 0.250 e. The zero-order chi connectivity index (χ0) is 22.7. The first-order valence-electron chi connectivity index (χ1n) is 9.75. The number of thiazole rings is 1. The molecule has 1 saturated heterocycles. The van der Waals surface area contributed by atoms with Gasteiger partial charge >= 0.3 is 0 Å². The van der Waals surface area contributed by atoms with Gasteiger partial charge in [0.05, 0.1) is 24.2 Å². The Morgan fingerprint density at radius 3 is 2.69 bits per heavy atom. The highest BCUT2D eigenvalue weighted by Crippen LogP contribution is 2.28. The molecule has 7 nitrogen and oxygen atoms in total. The van der Waals surface area contributed by atoms with E-state index in [1.54, 1.807) is 41.8 Å². The number of anilines is 2. The highest BCUT2D eigenvalue weighted by molar-refractivity contribution is 7.93. The average Bonchev–Trinajstić information content (AvgIpc) is 3.38. The SMILES string of the molecule is COc1ccc(-c2csc(NC(=O)/C=C/c3ccc(N4CCCS4(=O)=O)cc3)n2)cc1F. The summed E-state index contributed by atoms with van der Waals surface area (Å²) in [5.74, 6) is -0.531. The molecule has 1 fully saturated rings. The Morgan fingerprint density at radius 2 is 2.03 bits per heavy atom. The van der Waals surface area contributed by atoms with E-state index in [1.165, 1.54) is 41.0 Å². The molecule has 1 aromatic heterocycles. The van der Waals surface area contributed by atoms with Crippen LogP contribution < -0.4 is 14.4 Å². The van der Waals surface area contributed by atoms with Gasteiger partial charge in [-0.1, -0.05) is 12.1 Å². The lowest BCUT2D eigenvalue weighted by Crippen LogP contribution is -2.24. The summed E-state index contributed by atoms with van der Waals surface area (Å²) in [5, 5.41) is 4.80. The predicted octanol–water partition coefficient (Wildman–Crippen LogP) is 4.15. The highest BCUT2D eigenvalue weighted by atomic mass is 32.2. The molecule has 166 valence electrons. The minimum absolute atomic E-state index is 0.151. The number of amides is 1. The molecule has 0 unspecified atom stereocenters. The maximum atomic E-state index is 13.9. The molecule has 0 atom stereocenters. The molecule has 4 rings (SSSR count). The molecular formula is C22H20FN3O4S2. The summed E-state index contributed by atoms with van der Waals surface area (Å²) in [6, 6.07) is 11.5. The maximum absolute atomic E-state index is 13.9. The van der Waals surface area contributed by atoms with E-state index < -0.39 is 15.8 Å². The Labute approximate surface area is 189 Å². The smallest absolute Gasteiger partial charge is 0.250 e. The van der Waals surface area contributed by atoms with Crippen LogP contribution in [0.4, 0.5) is 15.2 Å². The lowest BCUT2D eigenvalue weighted by molar-refractivity contribution is -0.111. The Balaban J connectivity index is 1.38. The lowest BCUT2D eigenvalue weighted by atomic mass is 10.1. The van der Waals surface area contributed by atoms with Crippen molar-refractivity contribution in [1.29, 1.82) is 0 Å². The van der Waals surface area contributed by atoms with Crippen LogP contribution in [0.2, 0.25) is 0 Å². The van der Waals surface area contributed by atoms with Crippen molar-refractivity contribution >= 4 is 44.2 Å². The van der Waals surface area contributed by atoms with Gasteiger partial charge in [-0.2, -0.15) is 0 Å². The van der Waals surface area contributed by atoms with Gasteiger partial charge in [0.15, 0.2) is 16.7 Å². The van der Waals surface area contributed by atoms with E-state index >= 15 is 0 Å². The first-order chi connectivity index (χ1) is 15.4. The minimum Gasteiger partial charge on any atom is -0.494 e. The first-order valence-corrected chi connectivity index (χ1v) is 12.2. The third-order valence-electron chi connectivity index (χ3n) is 4.89. The fourth-order valence-electron chi connectivity index (χ4n) is 3.29. The zero-order valence-corrected chi connectivity index (χ0v) is 18.7. The minimum atomic E-state index is -3.22. The van der Waals surface area contributed by atoms with E-state index in [0.717, 1.165) is 5.56 Å². The van der Waals surface area contributed by atoms with Crippen molar-refractivity contribution in [2.24, 2.45) is 0 Å². The van der Waals surface area contributed by atoms with Crippen molar-refractivity contribution in [3.63, 3.8) is 0 Å². The molecule has 0 saturated carbocycles. The van der Waals surface area contributed by atoms with Crippen LogP contribution in [-0.4, -0.2) is 38.7 Å². The molecule has 2 aromatic carbocycles. The third kappa shape index (κ3) is 4.81. The van der Waals surface area contributed by atoms with Crippen molar-refractivity contribution < 1.29 is 22.3 Å². The van der Waals surface area contributed by atoms with E-state index in [0.29, 0.717) is 35.0 Å². The Bertz CT molecular complexity index is 1270. The van der Waals surface area contributed by atoms with E-state index in [1.807, 2.05) is 0 Å². The number of carbonyl (C=O) groups is 1. The summed E-state index contributed by atoms with van der Waals surface area (Å²) in [6.07, 6.45) is 3.62. The Morgan fingerprint density at radius 1 is 1.25 bits per heavy atom. The molecule has 10 heteroatoms. The second kappa shape index (κ2) is 9.09. The van der Waals surface area contributed by atoms with Crippen LogP contribution in [0.25, 0.3) is 17.3 Å². The van der Waals surface area contributed by atoms with Crippen LogP contribution in [0.5, 0.6) is 5.75 Å². The highest BCUT2D eigenvalue weighted by Gasteiger charge is 2.28. The van der Waals surface area contributed by atoms with Crippen LogP contribution >= 0.6 is 11.3 Å². The Kier molecular flexibility index (Phi) is 6.24. The van der Waals surface area contributed by atoms with Gasteiger partial charge in [-0.05, 0) is 48.4 Å². The van der Waals surface area contributed by atoms with Crippen LogP contribution in [0.3, 0.4) is 0 Å². The first kappa shape index (κ1) is 22.0. The molecule has 1 aliphatic heterocycles. The fourth-order valence-corrected chi connectivity index (χ4v) is 5.58. The topological polar surface area (TPSA) is 88.6 Å². The van der Waals surface area contributed by atoms with Gasteiger partial charge in [0.1, 0.15) is 0 Å². The van der Waals surface area contributed by atoms with Crippen LogP contribution in [0.1, 0.15) is 12.0 Å². The molecular weight excluding hydrogens is 453 g/mol. The number of hydrogen-bond donors (Lipinski definition) is 1. The summed E-state index contributed by atoms with van der Waals surface area (Å²) >= 11 is 1.23. The van der Waals surface area contributed by atoms with E-state index in [4.69, 9.17) is 4.74 Å². The fraction of sp³-hybridized carbons (Fsp3) is 0.182. The van der Waals surface area contributed by atoms with Crippen molar-refractivity contribution in [2.45, 2.75) is 6.42 Å². The van der Waals surface area contributed by atoms with Gasteiger partial charge in [-0.25, -0.2) is 17.8 Å². The summed E-state index contributed by atoms with van der Waals surface area (Å²) in [6.45, 7) is 0.485. The Hall–Kier alpha value is -3.24. The van der Waals surface area contributed by atoms with Gasteiger partial charge < -0.3 is 4.74 Å². The molecule has 1 N–H and O–H groups in total. The number of benzene rings is 2. The summed E-state index contributed by atoms with van der Waals surface area (Å²) < 4.78 is 44.2. The van der Waals surface area contributed by atoms with Crippen LogP contribution in [-0.2, 0) is 14.8 Å². The number of rotatable bonds is 6. The monoisotopic (exact) mass is 473 g/mol. The van der Waals surface area contributed by atoms with E-state index in [-0.39, 0.29) is 17.4 Å². The second-order valence-corrected chi connectivity index (χ2v) is 9.91. The lowest BCUT2D eigenvalue weighted by Gasteiger charge is -2.16. The molecule has 0 radical (unpaired) electrons. The summed E-state index contributed by atoms with van der Waals surface area (Å²) in [5.41, 5.74) is 2.50. The van der Waals surface area contributed by atoms with Gasteiger partial charge in [-0.3, -0.25) is 14.4 Å². The van der Waals surface area contributed by atoms with Crippen LogP contribution in [0, 0.1) is 5.82 Å². The van der Waals surface area contributed by atoms with Gasteiger partial charge in [-0.15, -0.1) is 11.3 Å². The molecule has 3 aromatic rings. The predicted molar refractivity (Wildman–Crippen MR) is 124 cm³/mol. The second-order valence-electron chi connectivity index (χ2n) is 7.04.